The summed E-state index contributed by atoms with van der Waals surface area (Å²) in [6.07, 6.45) is 3.17. The van der Waals surface area contributed by atoms with Gasteiger partial charge in [0.05, 0.1) is 17.4 Å². The van der Waals surface area contributed by atoms with Crippen molar-refractivity contribution in [3.8, 4) is 0 Å². The third-order valence-electron chi connectivity index (χ3n) is 3.95. The standard InChI is InChI=1S/C21H19N3O2/c1-14-6-3-4-9-20(14)23-19-11-17(12-22-13-19)21(26)24-18-8-5-7-16(10-18)15(2)25/h3-13,23H,1-2H3,(H,24,26). The zero-order valence-corrected chi connectivity index (χ0v) is 14.6. The molecule has 0 aliphatic heterocycles. The fourth-order valence-electron chi connectivity index (χ4n) is 2.52. The molecule has 0 saturated heterocycles. The number of hydrogen-bond donors (Lipinski definition) is 2. The number of carbonyl (C=O) groups is 2. The smallest absolute Gasteiger partial charge is 0.257 e. The van der Waals surface area contributed by atoms with Gasteiger partial charge in [-0.25, -0.2) is 0 Å². The van der Waals surface area contributed by atoms with Gasteiger partial charge in [-0.05, 0) is 43.7 Å². The Labute approximate surface area is 152 Å². The maximum absolute atomic E-state index is 12.5. The predicted molar refractivity (Wildman–Crippen MR) is 103 cm³/mol. The number of aryl methyl sites for hydroxylation is 1. The van der Waals surface area contributed by atoms with Crippen molar-refractivity contribution < 1.29 is 9.59 Å². The Morgan fingerprint density at radius 3 is 2.42 bits per heavy atom. The number of amides is 1. The van der Waals surface area contributed by atoms with E-state index in [0.29, 0.717) is 16.8 Å². The summed E-state index contributed by atoms with van der Waals surface area (Å²) in [7, 11) is 0. The number of hydrogen-bond acceptors (Lipinski definition) is 4. The zero-order valence-electron chi connectivity index (χ0n) is 14.6. The zero-order chi connectivity index (χ0) is 18.5. The number of rotatable bonds is 5. The number of nitrogens with zero attached hydrogens (tertiary/aromatic N) is 1. The van der Waals surface area contributed by atoms with Crippen molar-refractivity contribution in [2.24, 2.45) is 0 Å². The highest BCUT2D eigenvalue weighted by molar-refractivity contribution is 6.05. The Morgan fingerprint density at radius 1 is 0.885 bits per heavy atom. The number of para-hydroxylation sites is 1. The van der Waals surface area contributed by atoms with Crippen LogP contribution < -0.4 is 10.6 Å². The van der Waals surface area contributed by atoms with Gasteiger partial charge < -0.3 is 10.6 Å². The molecule has 1 aromatic heterocycles. The van der Waals surface area contributed by atoms with Crippen molar-refractivity contribution in [3.63, 3.8) is 0 Å². The largest absolute Gasteiger partial charge is 0.354 e. The first-order chi connectivity index (χ1) is 12.5. The van der Waals surface area contributed by atoms with Gasteiger partial charge in [0.2, 0.25) is 0 Å². The van der Waals surface area contributed by atoms with Gasteiger partial charge in [0.1, 0.15) is 0 Å². The van der Waals surface area contributed by atoms with Crippen molar-refractivity contribution in [1.29, 1.82) is 0 Å². The van der Waals surface area contributed by atoms with Crippen LogP contribution in [0, 0.1) is 6.92 Å². The summed E-state index contributed by atoms with van der Waals surface area (Å²) in [5.41, 5.74) is 4.33. The molecule has 0 saturated carbocycles. The van der Waals surface area contributed by atoms with Gasteiger partial charge in [0.25, 0.3) is 5.91 Å². The first kappa shape index (κ1) is 17.4. The lowest BCUT2D eigenvalue weighted by Gasteiger charge is -2.11. The van der Waals surface area contributed by atoms with E-state index in [1.807, 2.05) is 31.2 Å². The van der Waals surface area contributed by atoms with Gasteiger partial charge in [-0.3, -0.25) is 14.6 Å². The first-order valence-corrected chi connectivity index (χ1v) is 8.23. The molecular weight excluding hydrogens is 326 g/mol. The molecule has 1 amide bonds. The van der Waals surface area contributed by atoms with Crippen LogP contribution >= 0.6 is 0 Å². The monoisotopic (exact) mass is 345 g/mol. The second-order valence-corrected chi connectivity index (χ2v) is 5.99. The molecule has 0 aliphatic rings. The van der Waals surface area contributed by atoms with Crippen LogP contribution in [0.4, 0.5) is 17.1 Å². The SMILES string of the molecule is CC(=O)c1cccc(NC(=O)c2cncc(Nc3ccccc3C)c2)c1. The molecule has 130 valence electrons. The highest BCUT2D eigenvalue weighted by atomic mass is 16.1. The predicted octanol–water partition coefficient (Wildman–Crippen LogP) is 4.59. The number of anilines is 3. The summed E-state index contributed by atoms with van der Waals surface area (Å²) in [6.45, 7) is 3.50. The average Bonchev–Trinajstić information content (AvgIpc) is 2.64. The second-order valence-electron chi connectivity index (χ2n) is 5.99. The molecule has 2 aromatic carbocycles. The van der Waals surface area contributed by atoms with Crippen molar-refractivity contribution in [1.82, 2.24) is 4.98 Å². The first-order valence-electron chi connectivity index (χ1n) is 8.23. The Morgan fingerprint density at radius 2 is 1.65 bits per heavy atom. The van der Waals surface area contributed by atoms with E-state index in [1.54, 1.807) is 36.5 Å². The summed E-state index contributed by atoms with van der Waals surface area (Å²) in [4.78, 5) is 28.1. The van der Waals surface area contributed by atoms with Crippen molar-refractivity contribution in [2.45, 2.75) is 13.8 Å². The topological polar surface area (TPSA) is 71.1 Å². The summed E-state index contributed by atoms with van der Waals surface area (Å²) in [5.74, 6) is -0.334. The van der Waals surface area contributed by atoms with Crippen LogP contribution in [-0.2, 0) is 0 Å². The average molecular weight is 345 g/mol. The van der Waals surface area contributed by atoms with Crippen LogP contribution in [0.3, 0.4) is 0 Å². The lowest BCUT2D eigenvalue weighted by atomic mass is 10.1. The van der Waals surface area contributed by atoms with E-state index in [9.17, 15) is 9.59 Å². The van der Waals surface area contributed by atoms with Crippen LogP contribution in [0.1, 0.15) is 33.2 Å². The number of Topliss-reactive ketones (excluding diaryl/α,β-unsaturated/α-hetero) is 1. The van der Waals surface area contributed by atoms with Crippen molar-refractivity contribution in [2.75, 3.05) is 10.6 Å². The van der Waals surface area contributed by atoms with E-state index in [0.717, 1.165) is 16.9 Å². The van der Waals surface area contributed by atoms with E-state index in [2.05, 4.69) is 15.6 Å². The molecule has 3 aromatic rings. The summed E-state index contributed by atoms with van der Waals surface area (Å²) >= 11 is 0. The van der Waals surface area contributed by atoms with Gasteiger partial charge in [0.15, 0.2) is 5.78 Å². The number of aromatic nitrogens is 1. The van der Waals surface area contributed by atoms with Crippen molar-refractivity contribution in [3.05, 3.63) is 83.7 Å². The number of nitrogens with one attached hydrogen (secondary N) is 2. The van der Waals surface area contributed by atoms with Gasteiger partial charge in [0, 0.05) is 23.1 Å². The van der Waals surface area contributed by atoms with Gasteiger partial charge in [-0.1, -0.05) is 30.3 Å². The molecule has 0 unspecified atom stereocenters. The highest BCUT2D eigenvalue weighted by Crippen LogP contribution is 2.20. The lowest BCUT2D eigenvalue weighted by molar-refractivity contribution is 0.101. The van der Waals surface area contributed by atoms with Crippen LogP contribution in [0.25, 0.3) is 0 Å². The molecule has 2 N–H and O–H groups in total. The molecule has 26 heavy (non-hydrogen) atoms. The molecule has 1 heterocycles. The molecule has 0 bridgehead atoms. The normalized spacial score (nSPS) is 10.2. The Bertz CT molecular complexity index is 967. The van der Waals surface area contributed by atoms with E-state index < -0.39 is 0 Å². The fraction of sp³-hybridized carbons (Fsp3) is 0.0952. The minimum atomic E-state index is -0.286. The molecule has 0 atom stereocenters. The number of pyridine rings is 1. The molecule has 0 spiro atoms. The summed E-state index contributed by atoms with van der Waals surface area (Å²) in [5, 5.41) is 6.07. The van der Waals surface area contributed by atoms with E-state index in [4.69, 9.17) is 0 Å². The Balaban J connectivity index is 1.77. The van der Waals surface area contributed by atoms with E-state index >= 15 is 0 Å². The van der Waals surface area contributed by atoms with Crippen LogP contribution in [0.2, 0.25) is 0 Å². The van der Waals surface area contributed by atoms with Gasteiger partial charge in [-0.15, -0.1) is 0 Å². The van der Waals surface area contributed by atoms with E-state index in [1.165, 1.54) is 13.1 Å². The molecule has 0 fully saturated rings. The minimum Gasteiger partial charge on any atom is -0.354 e. The van der Waals surface area contributed by atoms with Crippen LogP contribution in [-0.4, -0.2) is 16.7 Å². The van der Waals surface area contributed by atoms with E-state index in [-0.39, 0.29) is 11.7 Å². The third kappa shape index (κ3) is 4.13. The molecule has 3 rings (SSSR count). The summed E-state index contributed by atoms with van der Waals surface area (Å²) in [6, 6.07) is 16.5. The lowest BCUT2D eigenvalue weighted by Crippen LogP contribution is -2.13. The molecule has 0 aliphatic carbocycles. The van der Waals surface area contributed by atoms with Gasteiger partial charge in [-0.2, -0.15) is 0 Å². The highest BCUT2D eigenvalue weighted by Gasteiger charge is 2.09. The second kappa shape index (κ2) is 7.61. The van der Waals surface area contributed by atoms with Crippen LogP contribution in [0.5, 0.6) is 0 Å². The Kier molecular flexibility index (Phi) is 5.08. The maximum Gasteiger partial charge on any atom is 0.257 e. The van der Waals surface area contributed by atoms with Gasteiger partial charge >= 0.3 is 0 Å². The molecule has 5 heteroatoms. The molecule has 5 nitrogen and oxygen atoms in total. The number of benzene rings is 2. The maximum atomic E-state index is 12.5. The minimum absolute atomic E-state index is 0.0489. The Hall–Kier alpha value is -3.47. The third-order valence-corrected chi connectivity index (χ3v) is 3.95. The number of ketones is 1. The number of carbonyl (C=O) groups excluding carboxylic acids is 2. The van der Waals surface area contributed by atoms with Crippen LogP contribution in [0.15, 0.2) is 67.0 Å². The molecule has 0 radical (unpaired) electrons. The summed E-state index contributed by atoms with van der Waals surface area (Å²) < 4.78 is 0. The quantitative estimate of drug-likeness (QED) is 0.664. The fourth-order valence-corrected chi connectivity index (χ4v) is 2.52. The molecular formula is C21H19N3O2. The van der Waals surface area contributed by atoms with Crippen molar-refractivity contribution >= 4 is 28.8 Å².